The van der Waals surface area contributed by atoms with Crippen LogP contribution in [0.25, 0.3) is 11.0 Å². The first-order chi connectivity index (χ1) is 12.3. The van der Waals surface area contributed by atoms with Crippen molar-refractivity contribution in [3.63, 3.8) is 0 Å². The van der Waals surface area contributed by atoms with Gasteiger partial charge in [0.2, 0.25) is 0 Å². The highest BCUT2D eigenvalue weighted by molar-refractivity contribution is 5.87. The van der Waals surface area contributed by atoms with E-state index in [0.29, 0.717) is 13.0 Å². The fourth-order valence-corrected chi connectivity index (χ4v) is 3.51. The van der Waals surface area contributed by atoms with Crippen LogP contribution in [0.5, 0.6) is 0 Å². The standard InChI is InChI=1S/C18H17FN6/c19-14-5-1-4-13(10-14)16-6-2-8-24(16)17-15-11-23-25(9-3-7-20)18(15)22-12-21-17/h1,4-5,10-12,16H,2-3,6,8-9H2/t16-/m0/s1. The lowest BCUT2D eigenvalue weighted by molar-refractivity contribution is 0.618. The number of halogens is 1. The van der Waals surface area contributed by atoms with Crippen molar-refractivity contribution in [3.8, 4) is 6.07 Å². The minimum absolute atomic E-state index is 0.0938. The van der Waals surface area contributed by atoms with E-state index < -0.39 is 0 Å². The molecule has 3 aromatic rings. The van der Waals surface area contributed by atoms with Gasteiger partial charge in [0.1, 0.15) is 18.0 Å². The lowest BCUT2D eigenvalue weighted by atomic mass is 10.0. The molecule has 1 aliphatic heterocycles. The first-order valence-electron chi connectivity index (χ1n) is 8.33. The Labute approximate surface area is 144 Å². The molecule has 0 aliphatic carbocycles. The van der Waals surface area contributed by atoms with Crippen LogP contribution >= 0.6 is 0 Å². The first kappa shape index (κ1) is 15.5. The van der Waals surface area contributed by atoms with Crippen molar-refractivity contribution in [2.75, 3.05) is 11.4 Å². The summed E-state index contributed by atoms with van der Waals surface area (Å²) in [5.74, 6) is 0.599. The summed E-state index contributed by atoms with van der Waals surface area (Å²) < 4.78 is 15.4. The summed E-state index contributed by atoms with van der Waals surface area (Å²) in [5, 5.41) is 14.0. The molecular weight excluding hydrogens is 319 g/mol. The molecule has 2 aromatic heterocycles. The Morgan fingerprint density at radius 3 is 3.08 bits per heavy atom. The summed E-state index contributed by atoms with van der Waals surface area (Å²) in [7, 11) is 0. The van der Waals surface area contributed by atoms with Crippen LogP contribution in [0.3, 0.4) is 0 Å². The third-order valence-electron chi connectivity index (χ3n) is 4.61. The van der Waals surface area contributed by atoms with Crippen LogP contribution in [-0.4, -0.2) is 26.3 Å². The zero-order chi connectivity index (χ0) is 17.2. The fourth-order valence-electron chi connectivity index (χ4n) is 3.51. The van der Waals surface area contributed by atoms with E-state index in [1.54, 1.807) is 23.0 Å². The molecule has 7 heteroatoms. The van der Waals surface area contributed by atoms with Gasteiger partial charge in [-0.2, -0.15) is 10.4 Å². The smallest absolute Gasteiger partial charge is 0.163 e. The number of nitrogens with zero attached hydrogens (tertiary/aromatic N) is 6. The number of rotatable bonds is 4. The molecule has 3 heterocycles. The minimum atomic E-state index is -0.221. The number of aryl methyl sites for hydroxylation is 1. The Kier molecular flexibility index (Phi) is 4.02. The van der Waals surface area contributed by atoms with Crippen molar-refractivity contribution in [2.45, 2.75) is 31.8 Å². The lowest BCUT2D eigenvalue weighted by Crippen LogP contribution is -2.24. The van der Waals surface area contributed by atoms with Crippen molar-refractivity contribution < 1.29 is 4.39 Å². The van der Waals surface area contributed by atoms with E-state index in [1.807, 2.05) is 6.07 Å². The van der Waals surface area contributed by atoms with Crippen LogP contribution in [0.4, 0.5) is 10.2 Å². The Bertz CT molecular complexity index is 944. The molecule has 1 atom stereocenters. The van der Waals surface area contributed by atoms with Crippen LogP contribution in [0.2, 0.25) is 0 Å². The number of benzene rings is 1. The average molecular weight is 336 g/mol. The highest BCUT2D eigenvalue weighted by Gasteiger charge is 2.29. The number of hydrogen-bond acceptors (Lipinski definition) is 5. The molecule has 4 rings (SSSR count). The van der Waals surface area contributed by atoms with Crippen LogP contribution < -0.4 is 4.90 Å². The van der Waals surface area contributed by atoms with Crippen molar-refractivity contribution >= 4 is 16.9 Å². The normalized spacial score (nSPS) is 17.1. The van der Waals surface area contributed by atoms with E-state index in [9.17, 15) is 4.39 Å². The monoisotopic (exact) mass is 336 g/mol. The van der Waals surface area contributed by atoms with E-state index in [4.69, 9.17) is 5.26 Å². The van der Waals surface area contributed by atoms with E-state index in [1.165, 1.54) is 12.4 Å². The van der Waals surface area contributed by atoms with Gasteiger partial charge in [0.25, 0.3) is 0 Å². The molecule has 6 nitrogen and oxygen atoms in total. The van der Waals surface area contributed by atoms with Crippen LogP contribution in [0, 0.1) is 17.1 Å². The molecular formula is C18H17FN6. The SMILES string of the molecule is N#CCCn1ncc2c(N3CCC[C@H]3c3cccc(F)c3)ncnc21. The van der Waals surface area contributed by atoms with Gasteiger partial charge in [0.05, 0.1) is 36.7 Å². The van der Waals surface area contributed by atoms with Gasteiger partial charge in [-0.05, 0) is 30.5 Å². The predicted octanol–water partition coefficient (Wildman–Crippen LogP) is 3.22. The third kappa shape index (κ3) is 2.80. The summed E-state index contributed by atoms with van der Waals surface area (Å²) in [6.45, 7) is 1.36. The Hall–Kier alpha value is -3.01. The highest BCUT2D eigenvalue weighted by atomic mass is 19.1. The summed E-state index contributed by atoms with van der Waals surface area (Å²) in [5.41, 5.74) is 1.69. The second kappa shape index (κ2) is 6.48. The van der Waals surface area contributed by atoms with E-state index >= 15 is 0 Å². The molecule has 0 radical (unpaired) electrons. The molecule has 0 saturated carbocycles. The number of fused-ring (bicyclic) bond motifs is 1. The third-order valence-corrected chi connectivity index (χ3v) is 4.61. The summed E-state index contributed by atoms with van der Waals surface area (Å²) in [4.78, 5) is 11.0. The van der Waals surface area contributed by atoms with Crippen LogP contribution in [-0.2, 0) is 6.54 Å². The van der Waals surface area contributed by atoms with Gasteiger partial charge in [-0.3, -0.25) is 0 Å². The Morgan fingerprint density at radius 2 is 2.24 bits per heavy atom. The van der Waals surface area contributed by atoms with Crippen molar-refractivity contribution in [2.24, 2.45) is 0 Å². The summed E-state index contributed by atoms with van der Waals surface area (Å²) >= 11 is 0. The van der Waals surface area contributed by atoms with Crippen molar-refractivity contribution in [3.05, 3.63) is 48.2 Å². The quantitative estimate of drug-likeness (QED) is 0.731. The molecule has 1 saturated heterocycles. The lowest BCUT2D eigenvalue weighted by Gasteiger charge is -2.26. The summed E-state index contributed by atoms with van der Waals surface area (Å²) in [6, 6.07) is 8.98. The van der Waals surface area contributed by atoms with Gasteiger partial charge < -0.3 is 4.90 Å². The van der Waals surface area contributed by atoms with Gasteiger partial charge >= 0.3 is 0 Å². The molecule has 0 bridgehead atoms. The fraction of sp³-hybridized carbons (Fsp3) is 0.333. The summed E-state index contributed by atoms with van der Waals surface area (Å²) in [6.07, 6.45) is 5.64. The maximum atomic E-state index is 13.6. The van der Waals surface area contributed by atoms with Gasteiger partial charge in [-0.25, -0.2) is 19.0 Å². The highest BCUT2D eigenvalue weighted by Crippen LogP contribution is 2.37. The molecule has 0 N–H and O–H groups in total. The van der Waals surface area contributed by atoms with Crippen LogP contribution in [0.1, 0.15) is 30.9 Å². The molecule has 1 aromatic carbocycles. The van der Waals surface area contributed by atoms with Crippen molar-refractivity contribution in [1.29, 1.82) is 5.26 Å². The van der Waals surface area contributed by atoms with E-state index in [-0.39, 0.29) is 11.9 Å². The second-order valence-corrected chi connectivity index (χ2v) is 6.12. The second-order valence-electron chi connectivity index (χ2n) is 6.12. The number of hydrogen-bond donors (Lipinski definition) is 0. The number of nitriles is 1. The van der Waals surface area contributed by atoms with Gasteiger partial charge in [-0.1, -0.05) is 12.1 Å². The minimum Gasteiger partial charge on any atom is -0.349 e. The molecule has 0 amide bonds. The molecule has 1 fully saturated rings. The maximum absolute atomic E-state index is 13.6. The number of anilines is 1. The molecule has 1 aliphatic rings. The predicted molar refractivity (Wildman–Crippen MR) is 91.3 cm³/mol. The molecule has 0 unspecified atom stereocenters. The zero-order valence-corrected chi connectivity index (χ0v) is 13.6. The van der Waals surface area contributed by atoms with Gasteiger partial charge in [-0.15, -0.1) is 0 Å². The average Bonchev–Trinajstić information content (AvgIpc) is 3.27. The Morgan fingerprint density at radius 1 is 1.32 bits per heavy atom. The molecule has 25 heavy (non-hydrogen) atoms. The maximum Gasteiger partial charge on any atom is 0.163 e. The Balaban J connectivity index is 1.73. The first-order valence-corrected chi connectivity index (χ1v) is 8.33. The van der Waals surface area contributed by atoms with E-state index in [2.05, 4.69) is 26.0 Å². The molecule has 126 valence electrons. The largest absolute Gasteiger partial charge is 0.349 e. The van der Waals surface area contributed by atoms with E-state index in [0.717, 1.165) is 41.8 Å². The van der Waals surface area contributed by atoms with Crippen molar-refractivity contribution in [1.82, 2.24) is 19.7 Å². The topological polar surface area (TPSA) is 70.6 Å². The zero-order valence-electron chi connectivity index (χ0n) is 13.6. The van der Waals surface area contributed by atoms with Crippen LogP contribution in [0.15, 0.2) is 36.8 Å². The molecule has 0 spiro atoms. The van der Waals surface area contributed by atoms with Gasteiger partial charge in [0, 0.05) is 6.54 Å². The number of aromatic nitrogens is 4. The van der Waals surface area contributed by atoms with Gasteiger partial charge in [0.15, 0.2) is 5.65 Å².